The van der Waals surface area contributed by atoms with Crippen LogP contribution in [-0.2, 0) is 0 Å². The monoisotopic (exact) mass is 368 g/mol. The number of hydrogen-bond acceptors (Lipinski definition) is 6. The molecule has 2 N–H and O–H groups in total. The van der Waals surface area contributed by atoms with Crippen LogP contribution in [0.4, 0.5) is 11.8 Å². The van der Waals surface area contributed by atoms with Crippen molar-refractivity contribution in [3.05, 3.63) is 36.4 Å². The van der Waals surface area contributed by atoms with Crippen molar-refractivity contribution in [3.63, 3.8) is 0 Å². The van der Waals surface area contributed by atoms with E-state index in [9.17, 15) is 0 Å². The summed E-state index contributed by atoms with van der Waals surface area (Å²) in [6.07, 6.45) is 1.03. The topological polar surface area (TPSA) is 56.3 Å². The van der Waals surface area contributed by atoms with Crippen molar-refractivity contribution in [1.82, 2.24) is 19.8 Å². The lowest BCUT2D eigenvalue weighted by atomic mass is 10.1. The van der Waals surface area contributed by atoms with Crippen LogP contribution in [-0.4, -0.2) is 72.1 Å². The number of hydrogen-bond donors (Lipinski definition) is 2. The molecule has 0 unspecified atom stereocenters. The molecule has 2 aromatic rings. The normalized spacial score (nSPS) is 16.9. The van der Waals surface area contributed by atoms with Crippen LogP contribution in [0.15, 0.2) is 36.4 Å². The van der Waals surface area contributed by atoms with Crippen molar-refractivity contribution < 1.29 is 0 Å². The SMILES string of the molecule is CC[C@@H](C)Nc1nc(NCCN2CCN(C)CC2)cc(-c2ccccc2)n1. The Morgan fingerprint density at radius 3 is 2.52 bits per heavy atom. The molecule has 0 radical (unpaired) electrons. The minimum Gasteiger partial charge on any atom is -0.369 e. The second kappa shape index (κ2) is 9.67. The first-order chi connectivity index (χ1) is 13.1. The van der Waals surface area contributed by atoms with Gasteiger partial charge in [0.25, 0.3) is 0 Å². The molecule has 6 heteroatoms. The van der Waals surface area contributed by atoms with Gasteiger partial charge in [-0.15, -0.1) is 0 Å². The molecular weight excluding hydrogens is 336 g/mol. The molecule has 6 nitrogen and oxygen atoms in total. The highest BCUT2D eigenvalue weighted by atomic mass is 15.3. The Balaban J connectivity index is 1.68. The van der Waals surface area contributed by atoms with Gasteiger partial charge in [0, 0.05) is 56.9 Å². The van der Waals surface area contributed by atoms with Gasteiger partial charge in [-0.05, 0) is 20.4 Å². The molecule has 1 atom stereocenters. The van der Waals surface area contributed by atoms with Crippen LogP contribution in [0.5, 0.6) is 0 Å². The van der Waals surface area contributed by atoms with Crippen LogP contribution >= 0.6 is 0 Å². The van der Waals surface area contributed by atoms with E-state index < -0.39 is 0 Å². The van der Waals surface area contributed by atoms with Crippen LogP contribution in [0.25, 0.3) is 11.3 Å². The molecule has 0 aliphatic carbocycles. The molecule has 0 amide bonds. The summed E-state index contributed by atoms with van der Waals surface area (Å²) in [6.45, 7) is 10.8. The summed E-state index contributed by atoms with van der Waals surface area (Å²) in [4.78, 5) is 14.3. The van der Waals surface area contributed by atoms with Crippen molar-refractivity contribution in [1.29, 1.82) is 0 Å². The molecule has 0 spiro atoms. The molecule has 0 saturated carbocycles. The fourth-order valence-corrected chi connectivity index (χ4v) is 3.10. The van der Waals surface area contributed by atoms with Gasteiger partial charge in [-0.3, -0.25) is 4.90 Å². The van der Waals surface area contributed by atoms with Gasteiger partial charge < -0.3 is 15.5 Å². The Morgan fingerprint density at radius 1 is 1.07 bits per heavy atom. The fourth-order valence-electron chi connectivity index (χ4n) is 3.10. The first kappa shape index (κ1) is 19.6. The molecule has 1 aromatic carbocycles. The van der Waals surface area contributed by atoms with Gasteiger partial charge in [0.1, 0.15) is 5.82 Å². The van der Waals surface area contributed by atoms with Gasteiger partial charge in [-0.1, -0.05) is 37.3 Å². The second-order valence-corrected chi connectivity index (χ2v) is 7.35. The van der Waals surface area contributed by atoms with E-state index in [1.165, 1.54) is 0 Å². The molecule has 146 valence electrons. The highest BCUT2D eigenvalue weighted by molar-refractivity contribution is 5.64. The molecule has 1 aliphatic heterocycles. The summed E-state index contributed by atoms with van der Waals surface area (Å²) < 4.78 is 0. The average molecular weight is 369 g/mol. The minimum absolute atomic E-state index is 0.342. The van der Waals surface area contributed by atoms with Gasteiger partial charge in [0.15, 0.2) is 0 Å². The molecule has 1 aromatic heterocycles. The molecule has 0 bridgehead atoms. The zero-order valence-corrected chi connectivity index (χ0v) is 16.8. The molecule has 1 saturated heterocycles. The number of anilines is 2. The number of aromatic nitrogens is 2. The van der Waals surface area contributed by atoms with Crippen molar-refractivity contribution in [2.75, 3.05) is 56.9 Å². The molecular formula is C21H32N6. The van der Waals surface area contributed by atoms with Crippen LogP contribution in [0.2, 0.25) is 0 Å². The van der Waals surface area contributed by atoms with E-state index in [4.69, 9.17) is 4.98 Å². The van der Waals surface area contributed by atoms with E-state index in [1.807, 2.05) is 24.3 Å². The van der Waals surface area contributed by atoms with E-state index >= 15 is 0 Å². The maximum Gasteiger partial charge on any atom is 0.225 e. The Hall–Kier alpha value is -2.18. The predicted molar refractivity (Wildman–Crippen MR) is 113 cm³/mol. The van der Waals surface area contributed by atoms with E-state index in [-0.39, 0.29) is 0 Å². The van der Waals surface area contributed by atoms with Crippen LogP contribution < -0.4 is 10.6 Å². The standard InChI is InChI=1S/C21H32N6/c1-4-17(2)23-21-24-19(18-8-6-5-7-9-18)16-20(25-21)22-10-11-27-14-12-26(3)13-15-27/h5-9,16-17H,4,10-15H2,1-3H3,(H2,22,23,24,25)/t17-/m1/s1. The molecule has 27 heavy (non-hydrogen) atoms. The van der Waals surface area contributed by atoms with Gasteiger partial charge in [-0.25, -0.2) is 4.98 Å². The lowest BCUT2D eigenvalue weighted by Crippen LogP contribution is -2.45. The zero-order valence-electron chi connectivity index (χ0n) is 16.8. The molecule has 3 rings (SSSR count). The van der Waals surface area contributed by atoms with E-state index in [1.54, 1.807) is 0 Å². The van der Waals surface area contributed by atoms with E-state index in [2.05, 4.69) is 58.4 Å². The number of benzene rings is 1. The van der Waals surface area contributed by atoms with Gasteiger partial charge in [0.05, 0.1) is 5.69 Å². The highest BCUT2D eigenvalue weighted by Crippen LogP contribution is 2.21. The maximum absolute atomic E-state index is 4.72. The lowest BCUT2D eigenvalue weighted by Gasteiger charge is -2.32. The summed E-state index contributed by atoms with van der Waals surface area (Å²) in [7, 11) is 2.19. The van der Waals surface area contributed by atoms with Crippen LogP contribution in [0.1, 0.15) is 20.3 Å². The third-order valence-corrected chi connectivity index (χ3v) is 5.11. The van der Waals surface area contributed by atoms with Gasteiger partial charge >= 0.3 is 0 Å². The number of rotatable bonds is 8. The van der Waals surface area contributed by atoms with Crippen molar-refractivity contribution in [2.24, 2.45) is 0 Å². The van der Waals surface area contributed by atoms with Crippen molar-refractivity contribution >= 4 is 11.8 Å². The number of nitrogens with one attached hydrogen (secondary N) is 2. The molecule has 2 heterocycles. The first-order valence-corrected chi connectivity index (χ1v) is 10.00. The largest absolute Gasteiger partial charge is 0.369 e. The average Bonchev–Trinajstić information content (AvgIpc) is 2.70. The number of likely N-dealkylation sites (N-methyl/N-ethyl adjacent to an activating group) is 1. The third kappa shape index (κ3) is 5.91. The Morgan fingerprint density at radius 2 is 1.81 bits per heavy atom. The molecule has 1 aliphatic rings. The maximum atomic E-state index is 4.72. The third-order valence-electron chi connectivity index (χ3n) is 5.11. The summed E-state index contributed by atoms with van der Waals surface area (Å²) in [5, 5.41) is 6.91. The van der Waals surface area contributed by atoms with E-state index in [0.29, 0.717) is 12.0 Å². The number of piperazine rings is 1. The second-order valence-electron chi connectivity index (χ2n) is 7.35. The quantitative estimate of drug-likeness (QED) is 0.747. The summed E-state index contributed by atoms with van der Waals surface area (Å²) in [6, 6.07) is 12.7. The van der Waals surface area contributed by atoms with Crippen molar-refractivity contribution in [2.45, 2.75) is 26.3 Å². The number of nitrogens with zero attached hydrogens (tertiary/aromatic N) is 4. The Kier molecular flexibility index (Phi) is 7.01. The van der Waals surface area contributed by atoms with Crippen LogP contribution in [0, 0.1) is 0 Å². The van der Waals surface area contributed by atoms with E-state index in [0.717, 1.165) is 62.8 Å². The Bertz CT molecular complexity index is 697. The first-order valence-electron chi connectivity index (χ1n) is 10.00. The predicted octanol–water partition coefficient (Wildman–Crippen LogP) is 3.01. The smallest absolute Gasteiger partial charge is 0.225 e. The molecule has 1 fully saturated rings. The Labute approximate surface area is 163 Å². The highest BCUT2D eigenvalue weighted by Gasteiger charge is 2.13. The summed E-state index contributed by atoms with van der Waals surface area (Å²) in [5.41, 5.74) is 2.05. The minimum atomic E-state index is 0.342. The lowest BCUT2D eigenvalue weighted by molar-refractivity contribution is 0.158. The van der Waals surface area contributed by atoms with Crippen molar-refractivity contribution in [3.8, 4) is 11.3 Å². The zero-order chi connectivity index (χ0) is 19.1. The van der Waals surface area contributed by atoms with Crippen LogP contribution in [0.3, 0.4) is 0 Å². The summed E-state index contributed by atoms with van der Waals surface area (Å²) >= 11 is 0. The summed E-state index contributed by atoms with van der Waals surface area (Å²) in [5.74, 6) is 1.57. The van der Waals surface area contributed by atoms with Gasteiger partial charge in [0.2, 0.25) is 5.95 Å². The fraction of sp³-hybridized carbons (Fsp3) is 0.524. The van der Waals surface area contributed by atoms with Gasteiger partial charge in [-0.2, -0.15) is 4.98 Å².